The molecule has 0 atom stereocenters. The fourth-order valence-corrected chi connectivity index (χ4v) is 3.53. The first kappa shape index (κ1) is 19.5. The number of carbonyl (C=O) groups is 1. The lowest BCUT2D eigenvalue weighted by Crippen LogP contribution is -2.27. The van der Waals surface area contributed by atoms with Crippen molar-refractivity contribution in [2.45, 2.75) is 33.2 Å². The van der Waals surface area contributed by atoms with Crippen LogP contribution in [-0.4, -0.2) is 37.0 Å². The zero-order valence-corrected chi connectivity index (χ0v) is 17.8. The van der Waals surface area contributed by atoms with Gasteiger partial charge in [-0.05, 0) is 57.3 Å². The van der Waals surface area contributed by atoms with Crippen molar-refractivity contribution < 1.29 is 4.79 Å². The number of carbonyl (C=O) groups excluding carboxylic acids is 1. The van der Waals surface area contributed by atoms with Crippen LogP contribution in [0.25, 0.3) is 5.69 Å². The van der Waals surface area contributed by atoms with E-state index in [0.717, 1.165) is 21.7 Å². The lowest BCUT2D eigenvalue weighted by Gasteiger charge is -2.10. The van der Waals surface area contributed by atoms with Crippen molar-refractivity contribution in [2.75, 3.05) is 6.54 Å². The molecule has 0 saturated heterocycles. The van der Waals surface area contributed by atoms with Crippen molar-refractivity contribution in [1.82, 2.24) is 29.9 Å². The van der Waals surface area contributed by atoms with Gasteiger partial charge in [-0.1, -0.05) is 15.9 Å². The molecule has 2 N–H and O–H groups in total. The Morgan fingerprint density at radius 2 is 2.04 bits per heavy atom. The minimum atomic E-state index is -0.152. The van der Waals surface area contributed by atoms with Crippen LogP contribution in [0.15, 0.2) is 34.9 Å². The standard InChI is InChI=1S/C18H21BrN6OS/c1-11(2)24-16(22-23-18(24)27)8-9-20-17(26)15-10-21-25(12(15)3)14-6-4-13(19)5-7-14/h4-7,10-11H,8-9H2,1-3H3,(H,20,26)(H,23,27). The highest BCUT2D eigenvalue weighted by molar-refractivity contribution is 9.10. The minimum absolute atomic E-state index is 0.152. The maximum Gasteiger partial charge on any atom is 0.254 e. The quantitative estimate of drug-likeness (QED) is 0.562. The predicted octanol–water partition coefficient (Wildman–Crippen LogP) is 3.75. The maximum absolute atomic E-state index is 12.6. The summed E-state index contributed by atoms with van der Waals surface area (Å²) in [6, 6.07) is 7.99. The molecule has 1 amide bonds. The van der Waals surface area contributed by atoms with Gasteiger partial charge in [-0.2, -0.15) is 10.2 Å². The van der Waals surface area contributed by atoms with Crippen molar-refractivity contribution in [3.63, 3.8) is 0 Å². The summed E-state index contributed by atoms with van der Waals surface area (Å²) in [5.74, 6) is 0.679. The van der Waals surface area contributed by atoms with Crippen LogP contribution in [0.5, 0.6) is 0 Å². The number of rotatable bonds is 6. The molecule has 0 aliphatic carbocycles. The molecule has 2 heterocycles. The van der Waals surface area contributed by atoms with Gasteiger partial charge < -0.3 is 9.88 Å². The predicted molar refractivity (Wildman–Crippen MR) is 110 cm³/mol. The van der Waals surface area contributed by atoms with E-state index in [1.165, 1.54) is 0 Å². The first-order valence-electron chi connectivity index (χ1n) is 8.63. The molecule has 7 nitrogen and oxygen atoms in total. The van der Waals surface area contributed by atoms with Gasteiger partial charge in [0, 0.05) is 23.5 Å². The van der Waals surface area contributed by atoms with E-state index >= 15 is 0 Å². The molecule has 142 valence electrons. The molecular weight excluding hydrogens is 428 g/mol. The van der Waals surface area contributed by atoms with Gasteiger partial charge in [0.1, 0.15) is 5.82 Å². The van der Waals surface area contributed by atoms with Gasteiger partial charge in [0.2, 0.25) is 0 Å². The summed E-state index contributed by atoms with van der Waals surface area (Å²) in [7, 11) is 0. The summed E-state index contributed by atoms with van der Waals surface area (Å²) in [6.45, 7) is 6.45. The van der Waals surface area contributed by atoms with Crippen LogP contribution in [0.4, 0.5) is 0 Å². The highest BCUT2D eigenvalue weighted by Crippen LogP contribution is 2.17. The fourth-order valence-electron chi connectivity index (χ4n) is 2.90. The molecule has 0 saturated carbocycles. The zero-order valence-electron chi connectivity index (χ0n) is 15.4. The summed E-state index contributed by atoms with van der Waals surface area (Å²) in [6.07, 6.45) is 2.19. The summed E-state index contributed by atoms with van der Waals surface area (Å²) in [5, 5.41) is 14.3. The Labute approximate surface area is 170 Å². The number of H-pyrrole nitrogens is 1. The van der Waals surface area contributed by atoms with Crippen LogP contribution in [0.2, 0.25) is 0 Å². The Kier molecular flexibility index (Phi) is 5.91. The molecular formula is C18H21BrN6OS. The molecule has 0 bridgehead atoms. The summed E-state index contributed by atoms with van der Waals surface area (Å²) in [5.41, 5.74) is 2.25. The minimum Gasteiger partial charge on any atom is -0.351 e. The maximum atomic E-state index is 12.6. The summed E-state index contributed by atoms with van der Waals surface area (Å²) >= 11 is 8.66. The van der Waals surface area contributed by atoms with Crippen molar-refractivity contribution >= 4 is 34.1 Å². The second-order valence-corrected chi connectivity index (χ2v) is 7.75. The van der Waals surface area contributed by atoms with E-state index in [1.807, 2.05) is 49.6 Å². The van der Waals surface area contributed by atoms with Crippen molar-refractivity contribution in [3.8, 4) is 5.69 Å². The molecule has 3 aromatic rings. The Bertz CT molecular complexity index is 1000. The van der Waals surface area contributed by atoms with Gasteiger partial charge in [-0.15, -0.1) is 0 Å². The monoisotopic (exact) mass is 448 g/mol. The van der Waals surface area contributed by atoms with E-state index < -0.39 is 0 Å². The van der Waals surface area contributed by atoms with Gasteiger partial charge in [-0.25, -0.2) is 4.68 Å². The van der Waals surface area contributed by atoms with Crippen LogP contribution >= 0.6 is 28.1 Å². The SMILES string of the molecule is Cc1c(C(=O)NCCc2n[nH]c(=S)n2C(C)C)cnn1-c1ccc(Br)cc1. The summed E-state index contributed by atoms with van der Waals surface area (Å²) in [4.78, 5) is 12.6. The smallest absolute Gasteiger partial charge is 0.254 e. The van der Waals surface area contributed by atoms with E-state index in [-0.39, 0.29) is 11.9 Å². The Morgan fingerprint density at radius 1 is 1.33 bits per heavy atom. The van der Waals surface area contributed by atoms with Crippen LogP contribution in [0.1, 0.15) is 41.8 Å². The topological polar surface area (TPSA) is 80.5 Å². The molecule has 0 radical (unpaired) electrons. The zero-order chi connectivity index (χ0) is 19.6. The molecule has 0 unspecified atom stereocenters. The van der Waals surface area contributed by atoms with E-state index in [1.54, 1.807) is 10.9 Å². The number of hydrogen-bond acceptors (Lipinski definition) is 4. The molecule has 3 rings (SSSR count). The number of amides is 1. The Hall–Kier alpha value is -2.26. The Balaban J connectivity index is 1.67. The van der Waals surface area contributed by atoms with Crippen LogP contribution in [0.3, 0.4) is 0 Å². The molecule has 0 aliphatic heterocycles. The molecule has 2 aromatic heterocycles. The molecule has 9 heteroatoms. The number of nitrogens with zero attached hydrogens (tertiary/aromatic N) is 4. The molecule has 27 heavy (non-hydrogen) atoms. The van der Waals surface area contributed by atoms with E-state index in [0.29, 0.717) is 23.3 Å². The average Bonchev–Trinajstić information content (AvgIpc) is 3.18. The van der Waals surface area contributed by atoms with Gasteiger partial charge in [0.15, 0.2) is 4.77 Å². The second kappa shape index (κ2) is 8.18. The number of benzene rings is 1. The van der Waals surface area contributed by atoms with Crippen molar-refractivity contribution in [1.29, 1.82) is 0 Å². The number of aromatic nitrogens is 5. The molecule has 0 fully saturated rings. The first-order chi connectivity index (χ1) is 12.9. The number of hydrogen-bond donors (Lipinski definition) is 2. The normalized spacial score (nSPS) is 11.1. The van der Waals surface area contributed by atoms with Gasteiger partial charge in [0.25, 0.3) is 5.91 Å². The third-order valence-electron chi connectivity index (χ3n) is 4.25. The van der Waals surface area contributed by atoms with Crippen molar-refractivity contribution in [3.05, 3.63) is 56.8 Å². The van der Waals surface area contributed by atoms with Crippen molar-refractivity contribution in [2.24, 2.45) is 0 Å². The third kappa shape index (κ3) is 4.19. The first-order valence-corrected chi connectivity index (χ1v) is 9.83. The van der Waals surface area contributed by atoms with Crippen LogP contribution in [-0.2, 0) is 6.42 Å². The van der Waals surface area contributed by atoms with Gasteiger partial charge in [0.05, 0.1) is 23.1 Å². The second-order valence-electron chi connectivity index (χ2n) is 6.45. The van der Waals surface area contributed by atoms with E-state index in [2.05, 4.69) is 36.5 Å². The molecule has 0 spiro atoms. The van der Waals surface area contributed by atoms with Crippen LogP contribution < -0.4 is 5.32 Å². The lowest BCUT2D eigenvalue weighted by atomic mass is 10.2. The number of aromatic amines is 1. The Morgan fingerprint density at radius 3 is 2.70 bits per heavy atom. The van der Waals surface area contributed by atoms with Gasteiger partial charge in [-0.3, -0.25) is 9.89 Å². The van der Waals surface area contributed by atoms with E-state index in [4.69, 9.17) is 12.2 Å². The summed E-state index contributed by atoms with van der Waals surface area (Å²) < 4.78 is 5.30. The number of nitrogens with one attached hydrogen (secondary N) is 2. The van der Waals surface area contributed by atoms with Crippen LogP contribution in [0, 0.1) is 11.7 Å². The average molecular weight is 449 g/mol. The largest absolute Gasteiger partial charge is 0.351 e. The third-order valence-corrected chi connectivity index (χ3v) is 5.07. The highest BCUT2D eigenvalue weighted by atomic mass is 79.9. The lowest BCUT2D eigenvalue weighted by molar-refractivity contribution is 0.0953. The number of halogens is 1. The molecule has 0 aliphatic rings. The highest BCUT2D eigenvalue weighted by Gasteiger charge is 2.16. The van der Waals surface area contributed by atoms with E-state index in [9.17, 15) is 4.79 Å². The fraction of sp³-hybridized carbons (Fsp3) is 0.333. The molecule has 1 aromatic carbocycles. The van der Waals surface area contributed by atoms with Gasteiger partial charge >= 0.3 is 0 Å².